The van der Waals surface area contributed by atoms with Crippen molar-refractivity contribution in [2.24, 2.45) is 0 Å². The lowest BCUT2D eigenvalue weighted by Crippen LogP contribution is -2.60. The van der Waals surface area contributed by atoms with Crippen LogP contribution in [-0.4, -0.2) is 48.4 Å². The maximum Gasteiger partial charge on any atom is 0.303 e. The van der Waals surface area contributed by atoms with E-state index in [-0.39, 0.29) is 0 Å². The average molecular weight is 302 g/mol. The van der Waals surface area contributed by atoms with Gasteiger partial charge in [0.2, 0.25) is 0 Å². The molecule has 0 amide bonds. The molecule has 5 atom stereocenters. The predicted molar refractivity (Wildman–Crippen MR) is 71.3 cm³/mol. The molecular formula is C14H22O7. The van der Waals surface area contributed by atoms with Crippen LogP contribution in [0.2, 0.25) is 0 Å². The molecule has 1 saturated heterocycles. The molecule has 7 heteroatoms. The van der Waals surface area contributed by atoms with Crippen LogP contribution >= 0.6 is 0 Å². The summed E-state index contributed by atoms with van der Waals surface area (Å²) in [6, 6.07) is 0. The monoisotopic (exact) mass is 302 g/mol. The SMILES string of the molecule is CCC1OC(C)[C@H](OC(C)=O)C(OC(C)=O)[C@@H]1OC(C)=O. The Kier molecular flexibility index (Phi) is 6.14. The summed E-state index contributed by atoms with van der Waals surface area (Å²) in [5.41, 5.74) is 0. The Morgan fingerprint density at radius 1 is 0.857 bits per heavy atom. The second-order valence-electron chi connectivity index (χ2n) is 5.01. The molecule has 1 rings (SSSR count). The molecule has 120 valence electrons. The number of ether oxygens (including phenoxy) is 4. The summed E-state index contributed by atoms with van der Waals surface area (Å²) >= 11 is 0. The molecular weight excluding hydrogens is 280 g/mol. The highest BCUT2D eigenvalue weighted by Crippen LogP contribution is 2.29. The van der Waals surface area contributed by atoms with Crippen molar-refractivity contribution in [3.05, 3.63) is 0 Å². The van der Waals surface area contributed by atoms with E-state index in [2.05, 4.69) is 0 Å². The highest BCUT2D eigenvalue weighted by atomic mass is 16.6. The molecule has 0 aromatic carbocycles. The van der Waals surface area contributed by atoms with E-state index in [4.69, 9.17) is 18.9 Å². The lowest BCUT2D eigenvalue weighted by atomic mass is 9.93. The number of hydrogen-bond donors (Lipinski definition) is 0. The number of carbonyl (C=O) groups excluding carboxylic acids is 3. The van der Waals surface area contributed by atoms with Crippen molar-refractivity contribution in [2.75, 3.05) is 0 Å². The summed E-state index contributed by atoms with van der Waals surface area (Å²) in [4.78, 5) is 33.9. The van der Waals surface area contributed by atoms with Crippen LogP contribution in [0.25, 0.3) is 0 Å². The van der Waals surface area contributed by atoms with Gasteiger partial charge in [-0.1, -0.05) is 6.92 Å². The summed E-state index contributed by atoms with van der Waals surface area (Å²) in [5.74, 6) is -1.59. The Hall–Kier alpha value is -1.63. The number of rotatable bonds is 4. The van der Waals surface area contributed by atoms with E-state index in [0.717, 1.165) is 0 Å². The predicted octanol–water partition coefficient (Wildman–Crippen LogP) is 0.979. The smallest absolute Gasteiger partial charge is 0.303 e. The second-order valence-corrected chi connectivity index (χ2v) is 5.01. The Balaban J connectivity index is 3.08. The van der Waals surface area contributed by atoms with Crippen molar-refractivity contribution in [1.29, 1.82) is 0 Å². The van der Waals surface area contributed by atoms with Crippen molar-refractivity contribution in [1.82, 2.24) is 0 Å². The van der Waals surface area contributed by atoms with Gasteiger partial charge in [0.15, 0.2) is 18.3 Å². The molecule has 0 saturated carbocycles. The highest BCUT2D eigenvalue weighted by Gasteiger charge is 2.49. The van der Waals surface area contributed by atoms with E-state index in [1.807, 2.05) is 6.92 Å². The molecule has 1 fully saturated rings. The van der Waals surface area contributed by atoms with Crippen LogP contribution in [0.1, 0.15) is 41.0 Å². The maximum atomic E-state index is 11.3. The fourth-order valence-corrected chi connectivity index (χ4v) is 2.44. The van der Waals surface area contributed by atoms with Crippen LogP contribution in [0.5, 0.6) is 0 Å². The van der Waals surface area contributed by atoms with Crippen molar-refractivity contribution < 1.29 is 33.3 Å². The van der Waals surface area contributed by atoms with Gasteiger partial charge in [0.1, 0.15) is 0 Å². The van der Waals surface area contributed by atoms with Crippen LogP contribution in [0.15, 0.2) is 0 Å². The zero-order valence-corrected chi connectivity index (χ0v) is 13.0. The largest absolute Gasteiger partial charge is 0.456 e. The van der Waals surface area contributed by atoms with E-state index >= 15 is 0 Å². The van der Waals surface area contributed by atoms with E-state index in [1.165, 1.54) is 20.8 Å². The Morgan fingerprint density at radius 2 is 1.29 bits per heavy atom. The van der Waals surface area contributed by atoms with Crippen LogP contribution in [-0.2, 0) is 33.3 Å². The quantitative estimate of drug-likeness (QED) is 0.565. The van der Waals surface area contributed by atoms with Crippen molar-refractivity contribution >= 4 is 17.9 Å². The van der Waals surface area contributed by atoms with Gasteiger partial charge < -0.3 is 18.9 Å². The summed E-state index contributed by atoms with van der Waals surface area (Å²) in [6.07, 6.45) is -2.86. The van der Waals surface area contributed by atoms with Gasteiger partial charge in [-0.3, -0.25) is 14.4 Å². The molecule has 0 aromatic heterocycles. The topological polar surface area (TPSA) is 88.1 Å². The third-order valence-electron chi connectivity index (χ3n) is 3.17. The molecule has 21 heavy (non-hydrogen) atoms. The first-order valence-electron chi connectivity index (χ1n) is 6.93. The normalized spacial score (nSPS) is 32.1. The van der Waals surface area contributed by atoms with Crippen LogP contribution in [0.3, 0.4) is 0 Å². The fraction of sp³-hybridized carbons (Fsp3) is 0.786. The second kappa shape index (κ2) is 7.40. The molecule has 1 heterocycles. The van der Waals surface area contributed by atoms with E-state index in [9.17, 15) is 14.4 Å². The van der Waals surface area contributed by atoms with Gasteiger partial charge in [-0.2, -0.15) is 0 Å². The summed E-state index contributed by atoms with van der Waals surface area (Å²) in [7, 11) is 0. The third-order valence-corrected chi connectivity index (χ3v) is 3.17. The summed E-state index contributed by atoms with van der Waals surface area (Å²) < 4.78 is 21.4. The van der Waals surface area contributed by atoms with Gasteiger partial charge in [0.25, 0.3) is 0 Å². The lowest BCUT2D eigenvalue weighted by Gasteiger charge is -2.43. The highest BCUT2D eigenvalue weighted by molar-refractivity contribution is 5.68. The Labute approximate surface area is 123 Å². The minimum atomic E-state index is -0.885. The fourth-order valence-electron chi connectivity index (χ4n) is 2.44. The number of carbonyl (C=O) groups is 3. The number of esters is 3. The van der Waals surface area contributed by atoms with Gasteiger partial charge in [-0.15, -0.1) is 0 Å². The Bertz CT molecular complexity index is 406. The maximum absolute atomic E-state index is 11.3. The van der Waals surface area contributed by atoms with E-state index in [0.29, 0.717) is 6.42 Å². The molecule has 0 N–H and O–H groups in total. The van der Waals surface area contributed by atoms with Gasteiger partial charge in [0, 0.05) is 20.8 Å². The minimum Gasteiger partial charge on any atom is -0.456 e. The average Bonchev–Trinajstić information content (AvgIpc) is 2.35. The lowest BCUT2D eigenvalue weighted by molar-refractivity contribution is -0.243. The molecule has 0 spiro atoms. The van der Waals surface area contributed by atoms with Crippen LogP contribution in [0.4, 0.5) is 0 Å². The molecule has 0 bridgehead atoms. The molecule has 7 nitrogen and oxygen atoms in total. The van der Waals surface area contributed by atoms with E-state index in [1.54, 1.807) is 6.92 Å². The van der Waals surface area contributed by atoms with Crippen molar-refractivity contribution in [3.8, 4) is 0 Å². The molecule has 0 aromatic rings. The zero-order valence-electron chi connectivity index (χ0n) is 13.0. The van der Waals surface area contributed by atoms with Crippen LogP contribution < -0.4 is 0 Å². The molecule has 0 aliphatic carbocycles. The Morgan fingerprint density at radius 3 is 1.71 bits per heavy atom. The van der Waals surface area contributed by atoms with Crippen molar-refractivity contribution in [2.45, 2.75) is 71.6 Å². The van der Waals surface area contributed by atoms with Gasteiger partial charge in [-0.25, -0.2) is 0 Å². The zero-order chi connectivity index (χ0) is 16.2. The third kappa shape index (κ3) is 4.70. The first kappa shape index (κ1) is 17.4. The first-order valence-corrected chi connectivity index (χ1v) is 6.93. The molecule has 1 aliphatic rings. The standard InChI is InChI=1S/C14H22O7/c1-6-11-13(20-9(4)16)14(21-10(5)17)12(7(2)18-11)19-8(3)15/h7,11-14H,6H2,1-5H3/t7?,11?,12-,13+,14?/m0/s1. The van der Waals surface area contributed by atoms with Gasteiger partial charge in [-0.05, 0) is 13.3 Å². The molecule has 3 unspecified atom stereocenters. The minimum absolute atomic E-state index is 0.431. The summed E-state index contributed by atoms with van der Waals surface area (Å²) in [6.45, 7) is 7.35. The van der Waals surface area contributed by atoms with Gasteiger partial charge in [0.05, 0.1) is 12.2 Å². The number of hydrogen-bond acceptors (Lipinski definition) is 7. The van der Waals surface area contributed by atoms with Gasteiger partial charge >= 0.3 is 17.9 Å². The molecule has 1 aliphatic heterocycles. The van der Waals surface area contributed by atoms with E-state index < -0.39 is 48.4 Å². The molecule has 0 radical (unpaired) electrons. The summed E-state index contributed by atoms with van der Waals surface area (Å²) in [5, 5.41) is 0. The first-order chi connectivity index (χ1) is 9.76. The van der Waals surface area contributed by atoms with Crippen LogP contribution in [0, 0.1) is 0 Å². The van der Waals surface area contributed by atoms with Crippen molar-refractivity contribution in [3.63, 3.8) is 0 Å².